The van der Waals surface area contributed by atoms with Crippen molar-refractivity contribution in [2.24, 2.45) is 5.92 Å². The second-order valence-corrected chi connectivity index (χ2v) is 7.32. The van der Waals surface area contributed by atoms with E-state index in [9.17, 15) is 8.42 Å². The Balaban J connectivity index is 2.21. The molecular formula is C12H25NO2S. The van der Waals surface area contributed by atoms with E-state index in [1.54, 1.807) is 0 Å². The molecule has 1 fully saturated rings. The zero-order valence-corrected chi connectivity index (χ0v) is 11.4. The lowest BCUT2D eigenvalue weighted by atomic mass is 9.80. The molecule has 4 heteroatoms. The van der Waals surface area contributed by atoms with Crippen LogP contribution in [0.4, 0.5) is 0 Å². The number of rotatable bonds is 8. The van der Waals surface area contributed by atoms with Crippen LogP contribution in [0.25, 0.3) is 0 Å². The van der Waals surface area contributed by atoms with Gasteiger partial charge in [-0.2, -0.15) is 0 Å². The summed E-state index contributed by atoms with van der Waals surface area (Å²) in [7, 11) is -2.78. The highest BCUT2D eigenvalue weighted by molar-refractivity contribution is 7.90. The van der Waals surface area contributed by atoms with E-state index in [-0.39, 0.29) is 0 Å². The molecule has 0 aromatic carbocycles. The normalized spacial score (nSPS) is 19.4. The topological polar surface area (TPSA) is 46.2 Å². The van der Waals surface area contributed by atoms with Gasteiger partial charge in [0.1, 0.15) is 9.84 Å². The second-order valence-electron chi connectivity index (χ2n) is 5.06. The number of nitrogens with one attached hydrogen (secondary N) is 1. The van der Waals surface area contributed by atoms with Gasteiger partial charge in [0.15, 0.2) is 0 Å². The van der Waals surface area contributed by atoms with Crippen LogP contribution in [0.2, 0.25) is 0 Å². The smallest absolute Gasteiger partial charge is 0.147 e. The maximum atomic E-state index is 11.0. The third-order valence-electron chi connectivity index (χ3n) is 3.40. The molecule has 1 saturated carbocycles. The quantitative estimate of drug-likeness (QED) is 0.713. The van der Waals surface area contributed by atoms with Crippen molar-refractivity contribution < 1.29 is 8.42 Å². The van der Waals surface area contributed by atoms with Gasteiger partial charge in [-0.05, 0) is 31.7 Å². The van der Waals surface area contributed by atoms with Crippen molar-refractivity contribution in [3.05, 3.63) is 0 Å². The minimum atomic E-state index is -2.78. The molecule has 0 saturated heterocycles. The predicted octanol–water partition coefficient (Wildman–Crippen LogP) is 1.98. The summed E-state index contributed by atoms with van der Waals surface area (Å²) < 4.78 is 22.1. The van der Waals surface area contributed by atoms with Crippen LogP contribution in [0.3, 0.4) is 0 Å². The third-order valence-corrected chi connectivity index (χ3v) is 4.43. The molecule has 1 aliphatic rings. The fourth-order valence-corrected chi connectivity index (χ4v) is 3.01. The molecule has 1 aliphatic carbocycles. The van der Waals surface area contributed by atoms with Crippen LogP contribution in [0, 0.1) is 5.92 Å². The molecule has 0 aromatic rings. The molecule has 3 nitrogen and oxygen atoms in total. The monoisotopic (exact) mass is 247 g/mol. The first kappa shape index (κ1) is 14.0. The molecule has 1 unspecified atom stereocenters. The number of hydrogen-bond acceptors (Lipinski definition) is 3. The average Bonchev–Trinajstić information content (AvgIpc) is 2.09. The van der Waals surface area contributed by atoms with Crippen LogP contribution in [-0.4, -0.2) is 33.0 Å². The van der Waals surface area contributed by atoms with Crippen LogP contribution in [0.5, 0.6) is 0 Å². The number of sulfone groups is 1. The van der Waals surface area contributed by atoms with E-state index in [0.29, 0.717) is 11.8 Å². The Hall–Kier alpha value is -0.0900. The minimum Gasteiger partial charge on any atom is -0.314 e. The molecule has 1 N–H and O–H groups in total. The van der Waals surface area contributed by atoms with Gasteiger partial charge in [-0.3, -0.25) is 0 Å². The Labute approximate surface area is 99.9 Å². The van der Waals surface area contributed by atoms with Crippen LogP contribution in [-0.2, 0) is 9.84 Å². The Morgan fingerprint density at radius 3 is 2.50 bits per heavy atom. The fourth-order valence-electron chi connectivity index (χ4n) is 2.31. The van der Waals surface area contributed by atoms with E-state index in [4.69, 9.17) is 0 Å². The van der Waals surface area contributed by atoms with Crippen molar-refractivity contribution in [1.29, 1.82) is 0 Å². The number of hydrogen-bond donors (Lipinski definition) is 1. The molecule has 0 aromatic heterocycles. The van der Waals surface area contributed by atoms with Gasteiger partial charge in [-0.1, -0.05) is 26.2 Å². The molecule has 0 spiro atoms. The van der Waals surface area contributed by atoms with Gasteiger partial charge in [-0.15, -0.1) is 0 Å². The first-order valence-electron chi connectivity index (χ1n) is 6.42. The lowest BCUT2D eigenvalue weighted by molar-refractivity contribution is 0.255. The van der Waals surface area contributed by atoms with E-state index in [1.807, 2.05) is 0 Å². The van der Waals surface area contributed by atoms with Crippen LogP contribution in [0.1, 0.15) is 45.4 Å². The zero-order chi connectivity index (χ0) is 12.0. The van der Waals surface area contributed by atoms with Crippen molar-refractivity contribution in [2.45, 2.75) is 51.5 Å². The van der Waals surface area contributed by atoms with Gasteiger partial charge in [0.05, 0.1) is 0 Å². The summed E-state index contributed by atoms with van der Waals surface area (Å²) in [5, 5.41) is 3.47. The molecule has 0 heterocycles. The SMILES string of the molecule is CCNC(CCCS(C)(=O)=O)CC1CCC1. The zero-order valence-electron chi connectivity index (χ0n) is 10.5. The summed E-state index contributed by atoms with van der Waals surface area (Å²) in [6.07, 6.45) is 8.47. The molecule has 0 radical (unpaired) electrons. The van der Waals surface area contributed by atoms with Gasteiger partial charge in [0.2, 0.25) is 0 Å². The highest BCUT2D eigenvalue weighted by atomic mass is 32.2. The summed E-state index contributed by atoms with van der Waals surface area (Å²) in [6, 6.07) is 0.525. The lowest BCUT2D eigenvalue weighted by Crippen LogP contribution is -2.33. The van der Waals surface area contributed by atoms with Crippen molar-refractivity contribution in [3.63, 3.8) is 0 Å². The van der Waals surface area contributed by atoms with Crippen LogP contribution in [0.15, 0.2) is 0 Å². The molecule has 0 bridgehead atoms. The Bertz CT molecular complexity index is 283. The first-order valence-corrected chi connectivity index (χ1v) is 8.48. The summed E-state index contributed by atoms with van der Waals surface area (Å²) in [5.41, 5.74) is 0. The average molecular weight is 247 g/mol. The highest BCUT2D eigenvalue weighted by Crippen LogP contribution is 2.31. The third kappa shape index (κ3) is 5.85. The van der Waals surface area contributed by atoms with E-state index in [1.165, 1.54) is 31.9 Å². The lowest BCUT2D eigenvalue weighted by Gasteiger charge is -2.30. The van der Waals surface area contributed by atoms with Crippen molar-refractivity contribution in [3.8, 4) is 0 Å². The highest BCUT2D eigenvalue weighted by Gasteiger charge is 2.21. The Kier molecular flexibility index (Phi) is 5.76. The Morgan fingerprint density at radius 1 is 1.38 bits per heavy atom. The van der Waals surface area contributed by atoms with Gasteiger partial charge >= 0.3 is 0 Å². The van der Waals surface area contributed by atoms with Crippen molar-refractivity contribution in [1.82, 2.24) is 5.32 Å². The molecule has 96 valence electrons. The van der Waals surface area contributed by atoms with Gasteiger partial charge in [0.25, 0.3) is 0 Å². The molecular weight excluding hydrogens is 222 g/mol. The second kappa shape index (κ2) is 6.60. The van der Waals surface area contributed by atoms with E-state index in [0.717, 1.165) is 25.3 Å². The molecule has 1 atom stereocenters. The summed E-state index contributed by atoms with van der Waals surface area (Å²) in [5.74, 6) is 1.22. The van der Waals surface area contributed by atoms with E-state index >= 15 is 0 Å². The van der Waals surface area contributed by atoms with E-state index in [2.05, 4.69) is 12.2 Å². The predicted molar refractivity (Wildman–Crippen MR) is 68.4 cm³/mol. The van der Waals surface area contributed by atoms with Gasteiger partial charge in [-0.25, -0.2) is 8.42 Å². The summed E-state index contributed by atoms with van der Waals surface area (Å²) >= 11 is 0. The van der Waals surface area contributed by atoms with Crippen LogP contribution < -0.4 is 5.32 Å². The molecule has 0 amide bonds. The summed E-state index contributed by atoms with van der Waals surface area (Å²) in [6.45, 7) is 3.10. The van der Waals surface area contributed by atoms with Gasteiger partial charge in [0, 0.05) is 18.1 Å². The summed E-state index contributed by atoms with van der Waals surface area (Å²) in [4.78, 5) is 0. The van der Waals surface area contributed by atoms with Crippen LogP contribution >= 0.6 is 0 Å². The maximum absolute atomic E-state index is 11.0. The molecule has 16 heavy (non-hydrogen) atoms. The van der Waals surface area contributed by atoms with Gasteiger partial charge < -0.3 is 5.32 Å². The van der Waals surface area contributed by atoms with Crippen molar-refractivity contribution in [2.75, 3.05) is 18.6 Å². The fraction of sp³-hybridized carbons (Fsp3) is 1.00. The minimum absolute atomic E-state index is 0.333. The largest absolute Gasteiger partial charge is 0.314 e. The molecule has 0 aliphatic heterocycles. The maximum Gasteiger partial charge on any atom is 0.147 e. The molecule has 1 rings (SSSR count). The van der Waals surface area contributed by atoms with E-state index < -0.39 is 9.84 Å². The standard InChI is InChI=1S/C12H25NO2S/c1-3-13-12(10-11-6-4-7-11)8-5-9-16(2,14)15/h11-13H,3-10H2,1-2H3. The Morgan fingerprint density at radius 2 is 2.06 bits per heavy atom. The van der Waals surface area contributed by atoms with Crippen molar-refractivity contribution >= 4 is 9.84 Å². The first-order chi connectivity index (χ1) is 7.51.